The highest BCUT2D eigenvalue weighted by Crippen LogP contribution is 2.27. The Kier molecular flexibility index (Phi) is 5.52. The molecule has 0 atom stereocenters. The molecule has 1 aromatic heterocycles. The van der Waals surface area contributed by atoms with E-state index in [0.29, 0.717) is 5.76 Å². The second kappa shape index (κ2) is 7.02. The Bertz CT molecular complexity index is 775. The lowest BCUT2D eigenvalue weighted by Crippen LogP contribution is -2.33. The number of nitrogens with zero attached hydrogens (tertiary/aromatic N) is 1. The summed E-state index contributed by atoms with van der Waals surface area (Å²) >= 11 is 17.0. The van der Waals surface area contributed by atoms with Gasteiger partial charge in [-0.1, -0.05) is 23.2 Å². The van der Waals surface area contributed by atoms with E-state index < -0.39 is 21.8 Å². The maximum Gasteiger partial charge on any atom is 0.243 e. The van der Waals surface area contributed by atoms with E-state index in [1.807, 2.05) is 0 Å². The van der Waals surface area contributed by atoms with Crippen molar-refractivity contribution in [3.63, 3.8) is 0 Å². The number of benzene rings is 1. The maximum absolute atomic E-state index is 12.6. The number of sulfonamides is 1. The zero-order valence-corrected chi connectivity index (χ0v) is 14.1. The number of carbonyl (C=O) groups excluding carboxylic acids is 1. The molecule has 1 heterocycles. The van der Waals surface area contributed by atoms with Crippen molar-refractivity contribution in [1.29, 1.82) is 0 Å². The van der Waals surface area contributed by atoms with Crippen LogP contribution in [0.2, 0.25) is 10.0 Å². The highest BCUT2D eigenvalue weighted by molar-refractivity contribution is 7.89. The summed E-state index contributed by atoms with van der Waals surface area (Å²) in [7, 11) is -3.99. The summed E-state index contributed by atoms with van der Waals surface area (Å²) in [6.45, 7) is -0.626. The van der Waals surface area contributed by atoms with Crippen molar-refractivity contribution in [2.75, 3.05) is 6.54 Å². The molecule has 0 aliphatic heterocycles. The van der Waals surface area contributed by atoms with Crippen molar-refractivity contribution < 1.29 is 17.6 Å². The van der Waals surface area contributed by atoms with Gasteiger partial charge in [-0.3, -0.25) is 4.79 Å². The minimum atomic E-state index is -3.99. The molecule has 2 aromatic rings. The molecule has 0 aliphatic carbocycles. The molecule has 0 saturated carbocycles. The predicted octanol–water partition coefficient (Wildman–Crippen LogP) is 3.54. The van der Waals surface area contributed by atoms with Gasteiger partial charge >= 0.3 is 0 Å². The largest absolute Gasteiger partial charge is 0.468 e. The number of furan rings is 1. The van der Waals surface area contributed by atoms with Crippen LogP contribution in [0.4, 0.5) is 0 Å². The SMILES string of the molecule is O=C(Cl)CN(Cc1ccco1)S(=O)(=O)c1ccc(Cl)c(Cl)c1. The van der Waals surface area contributed by atoms with Crippen LogP contribution in [0.25, 0.3) is 0 Å². The summed E-state index contributed by atoms with van der Waals surface area (Å²) < 4.78 is 31.3. The average Bonchev–Trinajstić information content (AvgIpc) is 2.93. The zero-order valence-electron chi connectivity index (χ0n) is 11.0. The van der Waals surface area contributed by atoms with Gasteiger partial charge in [0, 0.05) is 0 Å². The summed E-state index contributed by atoms with van der Waals surface area (Å²) in [4.78, 5) is 11.1. The molecule has 2 rings (SSSR count). The molecule has 0 bridgehead atoms. The van der Waals surface area contributed by atoms with Crippen LogP contribution in [-0.4, -0.2) is 24.5 Å². The molecule has 0 N–H and O–H groups in total. The highest BCUT2D eigenvalue weighted by Gasteiger charge is 2.27. The Morgan fingerprint density at radius 3 is 2.45 bits per heavy atom. The number of hydrogen-bond acceptors (Lipinski definition) is 4. The monoisotopic (exact) mass is 381 g/mol. The van der Waals surface area contributed by atoms with E-state index in [-0.39, 0.29) is 21.5 Å². The first-order valence-electron chi connectivity index (χ1n) is 5.96. The van der Waals surface area contributed by atoms with Gasteiger partial charge in [-0.05, 0) is 41.9 Å². The number of hydrogen-bond donors (Lipinski definition) is 0. The van der Waals surface area contributed by atoms with Crippen LogP contribution in [0, 0.1) is 0 Å². The third kappa shape index (κ3) is 4.02. The molecule has 0 spiro atoms. The van der Waals surface area contributed by atoms with E-state index in [1.165, 1.54) is 24.5 Å². The zero-order chi connectivity index (χ0) is 16.3. The standard InChI is InChI=1S/C13H10Cl3NO4S/c14-11-4-3-10(6-12(11)15)22(19,20)17(8-13(16)18)7-9-2-1-5-21-9/h1-6H,7-8H2. The highest BCUT2D eigenvalue weighted by atomic mass is 35.5. The fraction of sp³-hybridized carbons (Fsp3) is 0.154. The Labute approximate surface area is 142 Å². The molecule has 22 heavy (non-hydrogen) atoms. The van der Waals surface area contributed by atoms with Crippen molar-refractivity contribution in [2.45, 2.75) is 11.4 Å². The first-order valence-corrected chi connectivity index (χ1v) is 8.54. The normalized spacial score (nSPS) is 11.8. The smallest absolute Gasteiger partial charge is 0.243 e. The van der Waals surface area contributed by atoms with Gasteiger partial charge < -0.3 is 4.42 Å². The first kappa shape index (κ1) is 17.3. The topological polar surface area (TPSA) is 67.6 Å². The van der Waals surface area contributed by atoms with Gasteiger partial charge in [0.2, 0.25) is 15.3 Å². The van der Waals surface area contributed by atoms with Gasteiger partial charge in [-0.2, -0.15) is 4.31 Å². The molecular formula is C13H10Cl3NO4S. The third-order valence-electron chi connectivity index (χ3n) is 2.74. The molecule has 0 amide bonds. The van der Waals surface area contributed by atoms with E-state index in [0.717, 1.165) is 4.31 Å². The number of rotatable bonds is 6. The van der Waals surface area contributed by atoms with Gasteiger partial charge in [-0.25, -0.2) is 8.42 Å². The molecule has 0 saturated heterocycles. The van der Waals surface area contributed by atoms with Gasteiger partial charge in [0.25, 0.3) is 0 Å². The van der Waals surface area contributed by atoms with Crippen LogP contribution in [0.5, 0.6) is 0 Å². The quantitative estimate of drug-likeness (QED) is 0.717. The van der Waals surface area contributed by atoms with E-state index in [4.69, 9.17) is 39.2 Å². The molecule has 5 nitrogen and oxygen atoms in total. The summed E-state index contributed by atoms with van der Waals surface area (Å²) in [6, 6.07) is 7.09. The lowest BCUT2D eigenvalue weighted by Gasteiger charge is -2.19. The molecule has 9 heteroatoms. The lowest BCUT2D eigenvalue weighted by atomic mass is 10.4. The fourth-order valence-electron chi connectivity index (χ4n) is 1.73. The minimum absolute atomic E-state index is 0.0913. The van der Waals surface area contributed by atoms with Crippen LogP contribution in [0.1, 0.15) is 5.76 Å². The summed E-state index contributed by atoms with van der Waals surface area (Å²) in [6.07, 6.45) is 1.40. The Hall–Kier alpha value is -1.05. The summed E-state index contributed by atoms with van der Waals surface area (Å²) in [5, 5.41) is -0.486. The summed E-state index contributed by atoms with van der Waals surface area (Å²) in [5.41, 5.74) is 0. The number of halogens is 3. The Morgan fingerprint density at radius 1 is 1.18 bits per heavy atom. The molecular weight excluding hydrogens is 373 g/mol. The van der Waals surface area contributed by atoms with Crippen molar-refractivity contribution >= 4 is 50.1 Å². The maximum atomic E-state index is 12.6. The average molecular weight is 383 g/mol. The molecule has 0 fully saturated rings. The second-order valence-corrected chi connectivity index (χ2v) is 7.46. The van der Waals surface area contributed by atoms with Gasteiger partial charge in [0.05, 0.1) is 34.3 Å². The van der Waals surface area contributed by atoms with Crippen molar-refractivity contribution in [3.8, 4) is 0 Å². The van der Waals surface area contributed by atoms with E-state index >= 15 is 0 Å². The first-order chi connectivity index (χ1) is 10.3. The predicted molar refractivity (Wildman–Crippen MR) is 83.6 cm³/mol. The van der Waals surface area contributed by atoms with Crippen LogP contribution in [0.3, 0.4) is 0 Å². The molecule has 1 aromatic carbocycles. The number of carbonyl (C=O) groups is 1. The molecule has 0 radical (unpaired) electrons. The van der Waals surface area contributed by atoms with Crippen molar-refractivity contribution in [2.24, 2.45) is 0 Å². The van der Waals surface area contributed by atoms with Crippen LogP contribution in [0.15, 0.2) is 45.9 Å². The third-order valence-corrected chi connectivity index (χ3v) is 5.39. The van der Waals surface area contributed by atoms with Crippen LogP contribution in [-0.2, 0) is 21.4 Å². The van der Waals surface area contributed by atoms with Crippen molar-refractivity contribution in [3.05, 3.63) is 52.4 Å². The lowest BCUT2D eigenvalue weighted by molar-refractivity contribution is -0.112. The van der Waals surface area contributed by atoms with Crippen LogP contribution >= 0.6 is 34.8 Å². The van der Waals surface area contributed by atoms with E-state index in [1.54, 1.807) is 12.1 Å². The Balaban J connectivity index is 2.39. The molecule has 0 aliphatic rings. The van der Waals surface area contributed by atoms with E-state index in [9.17, 15) is 13.2 Å². The Morgan fingerprint density at radius 2 is 1.91 bits per heavy atom. The van der Waals surface area contributed by atoms with Gasteiger partial charge in [0.15, 0.2) is 0 Å². The molecule has 0 unspecified atom stereocenters. The van der Waals surface area contributed by atoms with Crippen LogP contribution < -0.4 is 0 Å². The van der Waals surface area contributed by atoms with E-state index in [2.05, 4.69) is 0 Å². The fourth-order valence-corrected chi connectivity index (χ4v) is 3.69. The summed E-state index contributed by atoms with van der Waals surface area (Å²) in [5.74, 6) is 0.376. The van der Waals surface area contributed by atoms with Gasteiger partial charge in [0.1, 0.15) is 5.76 Å². The second-order valence-electron chi connectivity index (χ2n) is 4.28. The molecule has 118 valence electrons. The van der Waals surface area contributed by atoms with Crippen molar-refractivity contribution in [1.82, 2.24) is 4.31 Å². The van der Waals surface area contributed by atoms with Gasteiger partial charge in [-0.15, -0.1) is 0 Å². The minimum Gasteiger partial charge on any atom is -0.468 e.